The van der Waals surface area contributed by atoms with Crippen LogP contribution in [0.2, 0.25) is 0 Å². The van der Waals surface area contributed by atoms with Gasteiger partial charge in [-0.25, -0.2) is 0 Å². The van der Waals surface area contributed by atoms with Crippen LogP contribution >= 0.6 is 0 Å². The van der Waals surface area contributed by atoms with Gasteiger partial charge in [0.25, 0.3) is 0 Å². The minimum atomic E-state index is 0.471. The van der Waals surface area contributed by atoms with Gasteiger partial charge >= 0.3 is 0 Å². The lowest BCUT2D eigenvalue weighted by molar-refractivity contribution is 0.191. The molecule has 2 aliphatic heterocycles. The number of likely N-dealkylation sites (tertiary alicyclic amines) is 1. The van der Waals surface area contributed by atoms with E-state index in [-0.39, 0.29) is 0 Å². The van der Waals surface area contributed by atoms with Gasteiger partial charge in [-0.05, 0) is 50.3 Å². The Labute approximate surface area is 168 Å². The van der Waals surface area contributed by atoms with E-state index in [4.69, 9.17) is 15.2 Å². The molecule has 0 aromatic heterocycles. The van der Waals surface area contributed by atoms with Gasteiger partial charge in [-0.1, -0.05) is 19.3 Å². The predicted molar refractivity (Wildman–Crippen MR) is 113 cm³/mol. The summed E-state index contributed by atoms with van der Waals surface area (Å²) >= 11 is 0. The molecule has 1 saturated heterocycles. The first-order valence-electron chi connectivity index (χ1n) is 11.0. The van der Waals surface area contributed by atoms with E-state index in [1.54, 1.807) is 0 Å². The monoisotopic (exact) mass is 386 g/mol. The van der Waals surface area contributed by atoms with Gasteiger partial charge < -0.3 is 20.5 Å². The maximum absolute atomic E-state index is 6.17. The summed E-state index contributed by atoms with van der Waals surface area (Å²) < 4.78 is 11.4. The SMILES string of the molecule is NC(=NCC1CCCN1CC1CCCCC1)Nc1ccc2c(c1)OCCCO2. The van der Waals surface area contributed by atoms with Crippen molar-refractivity contribution in [2.24, 2.45) is 16.6 Å². The second kappa shape index (κ2) is 9.50. The van der Waals surface area contributed by atoms with Crippen LogP contribution in [0.15, 0.2) is 23.2 Å². The van der Waals surface area contributed by atoms with Gasteiger partial charge in [0.2, 0.25) is 0 Å². The molecule has 3 N–H and O–H groups in total. The highest BCUT2D eigenvalue weighted by molar-refractivity contribution is 5.92. The van der Waals surface area contributed by atoms with Crippen LogP contribution in [0.3, 0.4) is 0 Å². The fourth-order valence-electron chi connectivity index (χ4n) is 4.68. The minimum absolute atomic E-state index is 0.471. The first-order valence-corrected chi connectivity index (χ1v) is 11.0. The van der Waals surface area contributed by atoms with E-state index in [2.05, 4.69) is 15.2 Å². The number of nitrogens with zero attached hydrogens (tertiary/aromatic N) is 2. The Hall–Kier alpha value is -1.95. The quantitative estimate of drug-likeness (QED) is 0.597. The average Bonchev–Trinajstić information content (AvgIpc) is 3.01. The van der Waals surface area contributed by atoms with Crippen molar-refractivity contribution in [2.45, 2.75) is 57.4 Å². The summed E-state index contributed by atoms with van der Waals surface area (Å²) in [6.45, 7) is 4.61. The first kappa shape index (κ1) is 19.4. The molecule has 154 valence electrons. The zero-order valence-electron chi connectivity index (χ0n) is 16.9. The van der Waals surface area contributed by atoms with Crippen LogP contribution < -0.4 is 20.5 Å². The van der Waals surface area contributed by atoms with Crippen molar-refractivity contribution in [3.05, 3.63) is 18.2 Å². The molecule has 4 rings (SSSR count). The van der Waals surface area contributed by atoms with Crippen molar-refractivity contribution < 1.29 is 9.47 Å². The van der Waals surface area contributed by atoms with E-state index in [1.807, 2.05) is 18.2 Å². The number of guanidine groups is 1. The summed E-state index contributed by atoms with van der Waals surface area (Å²) in [5, 5.41) is 3.21. The smallest absolute Gasteiger partial charge is 0.193 e. The number of rotatable bonds is 5. The number of hydrogen-bond acceptors (Lipinski definition) is 4. The lowest BCUT2D eigenvalue weighted by Crippen LogP contribution is -2.37. The van der Waals surface area contributed by atoms with E-state index < -0.39 is 0 Å². The highest BCUT2D eigenvalue weighted by atomic mass is 16.5. The molecule has 0 spiro atoms. The molecule has 1 unspecified atom stereocenters. The van der Waals surface area contributed by atoms with E-state index >= 15 is 0 Å². The Kier molecular flexibility index (Phi) is 6.57. The summed E-state index contributed by atoms with van der Waals surface area (Å²) in [5.41, 5.74) is 7.05. The van der Waals surface area contributed by atoms with Crippen LogP contribution in [0.25, 0.3) is 0 Å². The van der Waals surface area contributed by atoms with E-state index in [0.717, 1.165) is 36.1 Å². The molecule has 3 aliphatic rings. The van der Waals surface area contributed by atoms with Crippen molar-refractivity contribution in [3.63, 3.8) is 0 Å². The summed E-state index contributed by atoms with van der Waals surface area (Å²) in [6, 6.07) is 6.36. The third kappa shape index (κ3) is 5.10. The fraction of sp³-hybridized carbons (Fsp3) is 0.682. The van der Waals surface area contributed by atoms with Gasteiger partial charge in [0, 0.05) is 30.8 Å². The third-order valence-electron chi connectivity index (χ3n) is 6.21. The standard InChI is InChI=1S/C22H34N4O2/c23-22(25-18-9-10-20-21(14-18)28-13-5-12-27-20)24-15-19-8-4-11-26(19)16-17-6-2-1-3-7-17/h9-10,14,17,19H,1-8,11-13,15-16H2,(H3,23,24,25). The van der Waals surface area contributed by atoms with E-state index in [9.17, 15) is 0 Å². The number of fused-ring (bicyclic) bond motifs is 1. The van der Waals surface area contributed by atoms with Crippen LogP contribution in [0.4, 0.5) is 5.69 Å². The lowest BCUT2D eigenvalue weighted by atomic mass is 9.89. The van der Waals surface area contributed by atoms with E-state index in [1.165, 1.54) is 58.0 Å². The second-order valence-corrected chi connectivity index (χ2v) is 8.36. The van der Waals surface area contributed by atoms with Crippen LogP contribution in [0.5, 0.6) is 11.5 Å². The highest BCUT2D eigenvalue weighted by Crippen LogP contribution is 2.32. The maximum atomic E-state index is 6.17. The van der Waals surface area contributed by atoms with Crippen LogP contribution in [-0.4, -0.2) is 49.7 Å². The Balaban J connectivity index is 1.30. The van der Waals surface area contributed by atoms with Gasteiger partial charge in [0.1, 0.15) is 0 Å². The summed E-state index contributed by atoms with van der Waals surface area (Å²) in [6.07, 6.45) is 10.5. The molecule has 6 nitrogen and oxygen atoms in total. The zero-order valence-corrected chi connectivity index (χ0v) is 16.9. The van der Waals surface area contributed by atoms with E-state index in [0.29, 0.717) is 25.2 Å². The number of nitrogens with one attached hydrogen (secondary N) is 1. The number of nitrogens with two attached hydrogens (primary N) is 1. The van der Waals surface area contributed by atoms with Crippen molar-refractivity contribution >= 4 is 11.6 Å². The highest BCUT2D eigenvalue weighted by Gasteiger charge is 2.27. The fourth-order valence-corrected chi connectivity index (χ4v) is 4.68. The number of ether oxygens (including phenoxy) is 2. The number of benzene rings is 1. The minimum Gasteiger partial charge on any atom is -0.490 e. The van der Waals surface area contributed by atoms with Crippen molar-refractivity contribution in [1.82, 2.24) is 4.90 Å². The molecule has 2 heterocycles. The average molecular weight is 387 g/mol. The summed E-state index contributed by atoms with van der Waals surface area (Å²) in [5.74, 6) is 2.92. The topological polar surface area (TPSA) is 72.1 Å². The third-order valence-corrected chi connectivity index (χ3v) is 6.21. The van der Waals surface area contributed by atoms with Crippen molar-refractivity contribution in [2.75, 3.05) is 38.2 Å². The van der Waals surface area contributed by atoms with Crippen molar-refractivity contribution in [1.29, 1.82) is 0 Å². The molecule has 1 aromatic carbocycles. The van der Waals surface area contributed by atoms with Gasteiger partial charge in [-0.3, -0.25) is 9.89 Å². The number of aliphatic imine (C=N–C) groups is 1. The van der Waals surface area contributed by atoms with Crippen LogP contribution in [-0.2, 0) is 0 Å². The summed E-state index contributed by atoms with van der Waals surface area (Å²) in [4.78, 5) is 7.30. The molecule has 0 radical (unpaired) electrons. The van der Waals surface area contributed by atoms with Gasteiger partial charge in [0.15, 0.2) is 17.5 Å². The molecule has 1 saturated carbocycles. The van der Waals surface area contributed by atoms with Crippen molar-refractivity contribution in [3.8, 4) is 11.5 Å². The van der Waals surface area contributed by atoms with Crippen LogP contribution in [0, 0.1) is 5.92 Å². The Morgan fingerprint density at radius 1 is 1.04 bits per heavy atom. The van der Waals surface area contributed by atoms with Crippen LogP contribution in [0.1, 0.15) is 51.4 Å². The molecular formula is C22H34N4O2. The molecule has 6 heteroatoms. The molecule has 1 aromatic rings. The van der Waals surface area contributed by atoms with Gasteiger partial charge in [-0.15, -0.1) is 0 Å². The zero-order chi connectivity index (χ0) is 19.2. The molecule has 2 fully saturated rings. The first-order chi connectivity index (χ1) is 13.8. The molecule has 28 heavy (non-hydrogen) atoms. The predicted octanol–water partition coefficient (Wildman–Crippen LogP) is 3.62. The second-order valence-electron chi connectivity index (χ2n) is 8.36. The summed E-state index contributed by atoms with van der Waals surface area (Å²) in [7, 11) is 0. The molecule has 1 atom stereocenters. The lowest BCUT2D eigenvalue weighted by Gasteiger charge is -2.30. The molecule has 0 amide bonds. The largest absolute Gasteiger partial charge is 0.490 e. The molecule has 0 bridgehead atoms. The molecule has 1 aliphatic carbocycles. The van der Waals surface area contributed by atoms with Gasteiger partial charge in [-0.2, -0.15) is 0 Å². The Morgan fingerprint density at radius 3 is 2.71 bits per heavy atom. The molecular weight excluding hydrogens is 352 g/mol. The number of hydrogen-bond donors (Lipinski definition) is 2. The Morgan fingerprint density at radius 2 is 1.86 bits per heavy atom. The number of anilines is 1. The Bertz CT molecular complexity index is 673. The van der Waals surface area contributed by atoms with Gasteiger partial charge in [0.05, 0.1) is 19.8 Å². The maximum Gasteiger partial charge on any atom is 0.193 e. The normalized spacial score (nSPS) is 24.1.